The second kappa shape index (κ2) is 125. The van der Waals surface area contributed by atoms with Gasteiger partial charge in [-0.1, -0.05) is 387 Å². The van der Waals surface area contributed by atoms with Crippen LogP contribution in [0.15, 0.2) is 109 Å². The SMILES string of the molecule is C.C.C=C/C(=C\C)C(C)=O.C=C/C(C)=C\C.CC.CC.CC.CC.CC.CC.CC.CC.CC.CC(=O)C1CCCC1.CC(=O)C1CCCCC1.CC(=O)c1ccccc1.CC1CCCC1.CC1CCCCC1.CCC(=O)CC.CCC(C)=O.CCC(O)CC.Cc1ccccc1. The van der Waals surface area contributed by atoms with E-state index in [4.69, 9.17) is 5.11 Å². The lowest BCUT2D eigenvalue weighted by Gasteiger charge is -2.17. The number of aryl methyl sites for hydroxylation is 1. The van der Waals surface area contributed by atoms with Crippen LogP contribution in [0.5, 0.6) is 0 Å². The molecule has 0 aromatic heterocycles. The summed E-state index contributed by atoms with van der Waals surface area (Å²) in [6.07, 6.45) is 35.3. The molecule has 0 radical (unpaired) electrons. The van der Waals surface area contributed by atoms with Crippen LogP contribution in [0.2, 0.25) is 0 Å². The normalized spacial score (nSPS) is 12.4. The van der Waals surface area contributed by atoms with Crippen LogP contribution in [0.3, 0.4) is 0 Å². The van der Waals surface area contributed by atoms with E-state index in [0.717, 1.165) is 55.9 Å². The van der Waals surface area contributed by atoms with Crippen LogP contribution in [-0.2, 0) is 24.0 Å². The number of rotatable bonds is 11. The zero-order valence-electron chi connectivity index (χ0n) is 70.5. The summed E-state index contributed by atoms with van der Waals surface area (Å²) in [5, 5.41) is 8.67. The highest BCUT2D eigenvalue weighted by Crippen LogP contribution is 2.26. The standard InChI is InChI=1S/C8H14O.C8H8O.C7H12O.C7H10O.C7H14.C7H8.C6H12.C6H10.C5H12O.C5H10O.C4H8O.9C2H6.2CH4/c2*1-7(9)8-5-3-2-4-6-8;1-6(8)7-4-2-3-5-7;1-4-7(5-2)6(3)8;2*1-7-5-3-2-4-6-7;1-6-4-2-3-5-6;1-4-6(3)5-2;2*1-3-5(6)4-2;1-3-4(2)5;9*1-2;;/h8H,2-6H2,1H3;2-6H,1H3;7H,2-5H2,1H3;4-5H,1H2,2-3H3;7H,2-6H2,1H3;2-6H,1H3;6H,2-5H2,1H3;4-5H,1H2,2-3H3;5-6H,3-4H2,1-2H3;3-4H2,1-2H3;3H2,1-2H3;9*1-2H3;2*1H4/b;;;7-5+;;;;6-5-;;;;;;;;;;;;;;. The van der Waals surface area contributed by atoms with Gasteiger partial charge in [0.15, 0.2) is 11.6 Å². The lowest BCUT2D eigenvalue weighted by atomic mass is 9.87. The zero-order chi connectivity index (χ0) is 77.8. The highest BCUT2D eigenvalue weighted by molar-refractivity contribution is 5.95. The van der Waals surface area contributed by atoms with Gasteiger partial charge in [0.2, 0.25) is 0 Å². The number of Topliss-reactive ketones (excluding diaryl/α,β-unsaturated/α-hetero) is 6. The molecular weight excluding hydrogens is 1190 g/mol. The maximum atomic E-state index is 10.8. The molecule has 0 heterocycles. The van der Waals surface area contributed by atoms with Gasteiger partial charge in [-0.05, 0) is 113 Å². The molecule has 6 rings (SSSR count). The molecule has 2 aromatic carbocycles. The van der Waals surface area contributed by atoms with E-state index in [0.29, 0.717) is 54.0 Å². The van der Waals surface area contributed by atoms with Gasteiger partial charge in [0.25, 0.3) is 0 Å². The van der Waals surface area contributed by atoms with Crippen molar-refractivity contribution >= 4 is 34.7 Å². The van der Waals surface area contributed by atoms with Gasteiger partial charge in [-0.2, -0.15) is 0 Å². The number of carbonyl (C=O) groups excluding carboxylic acids is 6. The highest BCUT2D eigenvalue weighted by Gasteiger charge is 2.18. The number of ketones is 6. The van der Waals surface area contributed by atoms with E-state index < -0.39 is 0 Å². The molecule has 582 valence electrons. The fourth-order valence-electron chi connectivity index (χ4n) is 7.61. The minimum absolute atomic E-state index is 0. The third kappa shape index (κ3) is 128. The Morgan fingerprint density at radius 3 is 0.794 bits per heavy atom. The molecule has 0 amide bonds. The predicted octanol–water partition coefficient (Wildman–Crippen LogP) is 30.5. The van der Waals surface area contributed by atoms with Gasteiger partial charge in [-0.25, -0.2) is 0 Å². The minimum atomic E-state index is -0.0648. The second-order valence-electron chi connectivity index (χ2n) is 20.8. The van der Waals surface area contributed by atoms with E-state index in [1.165, 1.54) is 108 Å². The van der Waals surface area contributed by atoms with E-state index in [-0.39, 0.29) is 38.3 Å². The molecule has 2 aromatic rings. The number of hydrogen-bond donors (Lipinski definition) is 1. The lowest BCUT2D eigenvalue weighted by molar-refractivity contribution is -0.122. The van der Waals surface area contributed by atoms with Crippen molar-refractivity contribution in [2.75, 3.05) is 0 Å². The molecule has 7 nitrogen and oxygen atoms in total. The van der Waals surface area contributed by atoms with E-state index in [9.17, 15) is 28.8 Å². The molecule has 0 spiro atoms. The average Bonchev–Trinajstić information content (AvgIpc) is 2.99. The molecule has 97 heavy (non-hydrogen) atoms. The first kappa shape index (κ1) is 132. The number of aliphatic hydroxyl groups is 1. The molecule has 0 unspecified atom stereocenters. The van der Waals surface area contributed by atoms with E-state index in [2.05, 4.69) is 46.1 Å². The fraction of sp³-hybridized carbons (Fsp3) is 0.711. The molecule has 4 aliphatic rings. The van der Waals surface area contributed by atoms with Crippen molar-refractivity contribution in [3.05, 3.63) is 120 Å². The van der Waals surface area contributed by atoms with Crippen molar-refractivity contribution in [3.8, 4) is 0 Å². The van der Waals surface area contributed by atoms with Gasteiger partial charge in [-0.3, -0.25) is 24.0 Å². The van der Waals surface area contributed by atoms with Gasteiger partial charge in [-0.15, -0.1) is 0 Å². The summed E-state index contributed by atoms with van der Waals surface area (Å²) in [4.78, 5) is 62.5. The van der Waals surface area contributed by atoms with Crippen LogP contribution in [0.1, 0.15) is 407 Å². The summed E-state index contributed by atoms with van der Waals surface area (Å²) in [5.41, 5.74) is 4.01. The topological polar surface area (TPSA) is 123 Å². The van der Waals surface area contributed by atoms with Crippen molar-refractivity contribution in [2.45, 2.75) is 404 Å². The molecular formula is C90H180O7. The van der Waals surface area contributed by atoms with Gasteiger partial charge in [0.05, 0.1) is 6.10 Å². The molecule has 0 bridgehead atoms. The summed E-state index contributed by atoms with van der Waals surface area (Å²) < 4.78 is 0. The molecule has 0 atom stereocenters. The summed E-state index contributed by atoms with van der Waals surface area (Å²) in [5.74, 6) is 4.50. The van der Waals surface area contributed by atoms with Crippen molar-refractivity contribution < 1.29 is 33.9 Å². The molecule has 4 saturated carbocycles. The van der Waals surface area contributed by atoms with Gasteiger partial charge in [0.1, 0.15) is 23.1 Å². The maximum absolute atomic E-state index is 10.8. The first-order valence-electron chi connectivity index (χ1n) is 38.8. The number of allylic oxidation sites excluding steroid dienone is 6. The van der Waals surface area contributed by atoms with Crippen LogP contribution in [0.4, 0.5) is 0 Å². The predicted molar refractivity (Wildman–Crippen MR) is 450 cm³/mol. The van der Waals surface area contributed by atoms with Crippen molar-refractivity contribution in [3.63, 3.8) is 0 Å². The van der Waals surface area contributed by atoms with E-state index in [1.807, 2.05) is 241 Å². The third-order valence-corrected chi connectivity index (χ3v) is 13.7. The molecule has 7 heteroatoms. The first-order chi connectivity index (χ1) is 45.5. The molecule has 0 aliphatic heterocycles. The summed E-state index contributed by atoms with van der Waals surface area (Å²) in [7, 11) is 0. The highest BCUT2D eigenvalue weighted by atomic mass is 16.3. The Morgan fingerprint density at radius 1 is 0.433 bits per heavy atom. The molecule has 4 aliphatic carbocycles. The fourth-order valence-corrected chi connectivity index (χ4v) is 7.61. The Balaban J connectivity index is -0.0000000519. The summed E-state index contributed by atoms with van der Waals surface area (Å²) in [6.45, 7) is 73.3. The van der Waals surface area contributed by atoms with Gasteiger partial charge in [0, 0.05) is 42.2 Å². The minimum Gasteiger partial charge on any atom is -0.393 e. The third-order valence-electron chi connectivity index (χ3n) is 13.7. The first-order valence-corrected chi connectivity index (χ1v) is 38.8. The molecule has 0 saturated heterocycles. The van der Waals surface area contributed by atoms with Crippen LogP contribution >= 0.6 is 0 Å². The quantitative estimate of drug-likeness (QED) is 0.135. The Kier molecular flexibility index (Phi) is 170. The number of carbonyl (C=O) groups is 6. The monoisotopic (exact) mass is 1370 g/mol. The smallest absolute Gasteiger partial charge is 0.159 e. The van der Waals surface area contributed by atoms with Crippen LogP contribution < -0.4 is 0 Å². The number of aliphatic hydroxyl groups excluding tert-OH is 1. The van der Waals surface area contributed by atoms with E-state index in [1.54, 1.807) is 39.8 Å². The van der Waals surface area contributed by atoms with Crippen LogP contribution in [-0.4, -0.2) is 45.9 Å². The van der Waals surface area contributed by atoms with Crippen molar-refractivity contribution in [1.82, 2.24) is 0 Å². The van der Waals surface area contributed by atoms with Crippen molar-refractivity contribution in [2.24, 2.45) is 23.7 Å². The van der Waals surface area contributed by atoms with Crippen molar-refractivity contribution in [1.29, 1.82) is 0 Å². The van der Waals surface area contributed by atoms with Gasteiger partial charge < -0.3 is 9.90 Å². The summed E-state index contributed by atoms with van der Waals surface area (Å²) >= 11 is 0. The van der Waals surface area contributed by atoms with Crippen LogP contribution in [0.25, 0.3) is 0 Å². The average molecular weight is 1370 g/mol. The Morgan fingerprint density at radius 2 is 0.701 bits per heavy atom. The Labute approximate surface area is 613 Å². The summed E-state index contributed by atoms with van der Waals surface area (Å²) in [6, 6.07) is 19.5. The molecule has 1 N–H and O–H groups in total. The number of benzene rings is 2. The Bertz CT molecular complexity index is 1790. The Hall–Kier alpha value is -4.62. The largest absolute Gasteiger partial charge is 0.393 e. The second-order valence-corrected chi connectivity index (χ2v) is 20.8. The number of hydrogen-bond acceptors (Lipinski definition) is 7. The van der Waals surface area contributed by atoms with Crippen LogP contribution in [0, 0.1) is 30.6 Å². The maximum Gasteiger partial charge on any atom is 0.159 e. The molecule has 4 fully saturated rings. The van der Waals surface area contributed by atoms with E-state index >= 15 is 0 Å². The van der Waals surface area contributed by atoms with Gasteiger partial charge >= 0.3 is 0 Å². The lowest BCUT2D eigenvalue weighted by Crippen LogP contribution is -2.13. The zero-order valence-corrected chi connectivity index (χ0v) is 70.5.